The van der Waals surface area contributed by atoms with Gasteiger partial charge in [-0.15, -0.1) is 0 Å². The van der Waals surface area contributed by atoms with Crippen LogP contribution < -0.4 is 14.2 Å². The van der Waals surface area contributed by atoms with Crippen molar-refractivity contribution in [3.63, 3.8) is 0 Å². The van der Waals surface area contributed by atoms with Crippen molar-refractivity contribution in [3.8, 4) is 11.5 Å². The number of nitrogens with zero attached hydrogens (tertiary/aromatic N) is 1. The van der Waals surface area contributed by atoms with Crippen LogP contribution in [0.3, 0.4) is 0 Å². The molecular weight excluding hydrogens is 472 g/mol. The first-order chi connectivity index (χ1) is 16.3. The number of benzene rings is 3. The standard InChI is InChI=1S/C25H22N2O5S2/c1-3-31-22-15-18(11-14-21(22)32-34(29,30)20-7-5-4-6-8-20)16-23-24(28)27-25(33-23)26-19-12-9-17(2)10-13-19/h4-16H,3H2,1-2H3,(H,26,27,28)/b23-16-. The molecule has 0 radical (unpaired) electrons. The molecule has 1 N–H and O–H groups in total. The number of hydrogen-bond acceptors (Lipinski definition) is 7. The molecule has 1 heterocycles. The summed E-state index contributed by atoms with van der Waals surface area (Å²) < 4.78 is 36.2. The highest BCUT2D eigenvalue weighted by Gasteiger charge is 2.24. The second kappa shape index (κ2) is 10.1. The molecule has 1 fully saturated rings. The van der Waals surface area contributed by atoms with Gasteiger partial charge in [-0.2, -0.15) is 8.42 Å². The monoisotopic (exact) mass is 494 g/mol. The highest BCUT2D eigenvalue weighted by Crippen LogP contribution is 2.34. The normalized spacial score (nSPS) is 16.0. The van der Waals surface area contributed by atoms with Crippen LogP contribution in [0.1, 0.15) is 18.1 Å². The van der Waals surface area contributed by atoms with Crippen molar-refractivity contribution < 1.29 is 22.1 Å². The number of rotatable bonds is 7. The maximum Gasteiger partial charge on any atom is 0.339 e. The molecule has 3 aromatic rings. The number of amidine groups is 1. The smallest absolute Gasteiger partial charge is 0.339 e. The minimum atomic E-state index is -4.02. The molecule has 0 atom stereocenters. The molecule has 1 aliphatic heterocycles. The summed E-state index contributed by atoms with van der Waals surface area (Å²) in [6.07, 6.45) is 1.69. The Morgan fingerprint density at radius 1 is 1.00 bits per heavy atom. The summed E-state index contributed by atoms with van der Waals surface area (Å²) in [5.41, 5.74) is 2.53. The zero-order valence-corrected chi connectivity index (χ0v) is 20.2. The summed E-state index contributed by atoms with van der Waals surface area (Å²) in [5.74, 6) is 0.0621. The minimum Gasteiger partial charge on any atom is -0.490 e. The van der Waals surface area contributed by atoms with Crippen molar-refractivity contribution in [2.24, 2.45) is 4.99 Å². The van der Waals surface area contributed by atoms with E-state index in [1.165, 1.54) is 30.0 Å². The summed E-state index contributed by atoms with van der Waals surface area (Å²) in [5, 5.41) is 3.24. The third-order valence-electron chi connectivity index (χ3n) is 4.71. The van der Waals surface area contributed by atoms with Gasteiger partial charge in [0.15, 0.2) is 16.7 Å². The molecule has 9 heteroatoms. The SMILES string of the molecule is CCOc1cc(/C=C2\SC(=Nc3ccc(C)cc3)NC2=O)ccc1OS(=O)(=O)c1ccccc1. The summed E-state index contributed by atoms with van der Waals surface area (Å²) >= 11 is 1.23. The first-order valence-corrected chi connectivity index (χ1v) is 12.7. The van der Waals surface area contributed by atoms with E-state index in [0.29, 0.717) is 22.2 Å². The first-order valence-electron chi connectivity index (χ1n) is 10.5. The predicted molar refractivity (Wildman–Crippen MR) is 134 cm³/mol. The van der Waals surface area contributed by atoms with E-state index >= 15 is 0 Å². The third kappa shape index (κ3) is 5.67. The molecule has 1 saturated heterocycles. The van der Waals surface area contributed by atoms with E-state index in [1.807, 2.05) is 31.2 Å². The van der Waals surface area contributed by atoms with Crippen molar-refractivity contribution in [1.29, 1.82) is 0 Å². The molecule has 0 aliphatic carbocycles. The van der Waals surface area contributed by atoms with Crippen LogP contribution in [0.15, 0.2) is 87.6 Å². The number of aliphatic imine (C=N–C) groups is 1. The Morgan fingerprint density at radius 2 is 1.74 bits per heavy atom. The Hall–Kier alpha value is -3.56. The van der Waals surface area contributed by atoms with Gasteiger partial charge in [0.05, 0.1) is 17.2 Å². The average Bonchev–Trinajstić information content (AvgIpc) is 3.16. The van der Waals surface area contributed by atoms with Crippen LogP contribution in [0.4, 0.5) is 5.69 Å². The average molecular weight is 495 g/mol. The number of thioether (sulfide) groups is 1. The quantitative estimate of drug-likeness (QED) is 0.365. The molecule has 174 valence electrons. The van der Waals surface area contributed by atoms with E-state index in [9.17, 15) is 13.2 Å². The number of aryl methyl sites for hydroxylation is 1. The van der Waals surface area contributed by atoms with Gasteiger partial charge in [0.2, 0.25) is 0 Å². The van der Waals surface area contributed by atoms with E-state index in [0.717, 1.165) is 11.3 Å². The molecule has 1 amide bonds. The first kappa shape index (κ1) is 23.6. The van der Waals surface area contributed by atoms with Crippen LogP contribution in [-0.4, -0.2) is 26.1 Å². The number of hydrogen-bond donors (Lipinski definition) is 1. The van der Waals surface area contributed by atoms with Gasteiger partial charge in [-0.1, -0.05) is 42.0 Å². The molecule has 0 spiro atoms. The van der Waals surface area contributed by atoms with Gasteiger partial charge in [0, 0.05) is 0 Å². The Bertz CT molecular complexity index is 1370. The van der Waals surface area contributed by atoms with Crippen molar-refractivity contribution >= 4 is 44.7 Å². The molecule has 34 heavy (non-hydrogen) atoms. The molecular formula is C25H22N2O5S2. The molecule has 4 rings (SSSR count). The Balaban J connectivity index is 1.57. The molecule has 0 unspecified atom stereocenters. The Labute approximate surface area is 202 Å². The number of ether oxygens (including phenoxy) is 1. The van der Waals surface area contributed by atoms with Gasteiger partial charge in [-0.3, -0.25) is 4.79 Å². The maximum absolute atomic E-state index is 12.6. The van der Waals surface area contributed by atoms with Crippen LogP contribution >= 0.6 is 11.8 Å². The van der Waals surface area contributed by atoms with Crippen molar-refractivity contribution in [2.75, 3.05) is 6.61 Å². The predicted octanol–water partition coefficient (Wildman–Crippen LogP) is 5.05. The van der Waals surface area contributed by atoms with Gasteiger partial charge >= 0.3 is 10.1 Å². The Morgan fingerprint density at radius 3 is 2.44 bits per heavy atom. The lowest BCUT2D eigenvalue weighted by molar-refractivity contribution is -0.115. The van der Waals surface area contributed by atoms with Crippen LogP contribution in [0.25, 0.3) is 6.08 Å². The van der Waals surface area contributed by atoms with Gasteiger partial charge in [0.1, 0.15) is 4.90 Å². The molecule has 0 saturated carbocycles. The lowest BCUT2D eigenvalue weighted by atomic mass is 10.2. The third-order valence-corrected chi connectivity index (χ3v) is 6.87. The van der Waals surface area contributed by atoms with Gasteiger partial charge in [-0.25, -0.2) is 4.99 Å². The van der Waals surface area contributed by atoms with Crippen molar-refractivity contribution in [2.45, 2.75) is 18.7 Å². The van der Waals surface area contributed by atoms with E-state index in [-0.39, 0.29) is 22.3 Å². The van der Waals surface area contributed by atoms with Crippen LogP contribution in [-0.2, 0) is 14.9 Å². The second-order valence-electron chi connectivity index (χ2n) is 7.31. The molecule has 7 nitrogen and oxygen atoms in total. The molecule has 0 bridgehead atoms. The Kier molecular flexibility index (Phi) is 7.04. The lowest BCUT2D eigenvalue weighted by Gasteiger charge is -2.12. The number of carbonyl (C=O) groups excluding carboxylic acids is 1. The summed E-state index contributed by atoms with van der Waals surface area (Å²) in [6, 6.07) is 20.4. The summed E-state index contributed by atoms with van der Waals surface area (Å²) in [6.45, 7) is 4.09. The van der Waals surface area contributed by atoms with Crippen LogP contribution in [0, 0.1) is 6.92 Å². The van der Waals surface area contributed by atoms with Crippen molar-refractivity contribution in [3.05, 3.63) is 88.8 Å². The zero-order chi connectivity index (χ0) is 24.1. The zero-order valence-electron chi connectivity index (χ0n) is 18.5. The highest BCUT2D eigenvalue weighted by molar-refractivity contribution is 8.18. The van der Waals surface area contributed by atoms with Gasteiger partial charge < -0.3 is 14.2 Å². The van der Waals surface area contributed by atoms with Crippen molar-refractivity contribution in [1.82, 2.24) is 5.32 Å². The van der Waals surface area contributed by atoms with E-state index in [2.05, 4.69) is 10.3 Å². The van der Waals surface area contributed by atoms with E-state index in [1.54, 1.807) is 43.3 Å². The lowest BCUT2D eigenvalue weighted by Crippen LogP contribution is -2.19. The van der Waals surface area contributed by atoms with Crippen LogP contribution in [0.2, 0.25) is 0 Å². The largest absolute Gasteiger partial charge is 0.490 e. The summed E-state index contributed by atoms with van der Waals surface area (Å²) in [4.78, 5) is 17.4. The highest BCUT2D eigenvalue weighted by atomic mass is 32.2. The fourth-order valence-corrected chi connectivity index (χ4v) is 4.88. The number of amides is 1. The maximum atomic E-state index is 12.6. The topological polar surface area (TPSA) is 94.1 Å². The van der Waals surface area contributed by atoms with Gasteiger partial charge in [-0.05, 0) is 73.6 Å². The second-order valence-corrected chi connectivity index (χ2v) is 9.88. The summed E-state index contributed by atoms with van der Waals surface area (Å²) in [7, 11) is -4.02. The van der Waals surface area contributed by atoms with Gasteiger partial charge in [0.25, 0.3) is 5.91 Å². The fourth-order valence-electron chi connectivity index (χ4n) is 3.07. The molecule has 0 aromatic heterocycles. The minimum absolute atomic E-state index is 0.0445. The molecule has 3 aromatic carbocycles. The number of carbonyl (C=O) groups is 1. The van der Waals surface area contributed by atoms with E-state index in [4.69, 9.17) is 8.92 Å². The van der Waals surface area contributed by atoms with Crippen LogP contribution in [0.5, 0.6) is 11.5 Å². The van der Waals surface area contributed by atoms with E-state index < -0.39 is 10.1 Å². The fraction of sp³-hybridized carbons (Fsp3) is 0.120. The molecule has 1 aliphatic rings. The number of nitrogens with one attached hydrogen (secondary N) is 1.